The lowest BCUT2D eigenvalue weighted by atomic mass is 10.1. The van der Waals surface area contributed by atoms with Gasteiger partial charge in [-0.05, 0) is 37.5 Å². The molecule has 17 heavy (non-hydrogen) atoms. The molecular weight excluding hydrogens is 219 g/mol. The summed E-state index contributed by atoms with van der Waals surface area (Å²) in [4.78, 5) is 11.4. The van der Waals surface area contributed by atoms with Gasteiger partial charge in [0.05, 0.1) is 6.54 Å². The van der Waals surface area contributed by atoms with E-state index in [0.717, 1.165) is 18.4 Å². The number of carbonyl (C=O) groups is 1. The molecule has 0 heterocycles. The number of amides is 1. The molecule has 1 saturated carbocycles. The number of halogens is 1. The van der Waals surface area contributed by atoms with Gasteiger partial charge in [0.25, 0.3) is 0 Å². The van der Waals surface area contributed by atoms with E-state index in [1.54, 1.807) is 6.07 Å². The van der Waals surface area contributed by atoms with Gasteiger partial charge in [-0.1, -0.05) is 12.1 Å². The van der Waals surface area contributed by atoms with Crippen LogP contribution in [-0.2, 0) is 4.79 Å². The second kappa shape index (κ2) is 5.27. The van der Waals surface area contributed by atoms with Crippen molar-refractivity contribution < 1.29 is 9.18 Å². The van der Waals surface area contributed by atoms with Crippen LogP contribution in [0.4, 0.5) is 4.39 Å². The Labute approximate surface area is 100 Å². The molecule has 0 bridgehead atoms. The van der Waals surface area contributed by atoms with Crippen molar-refractivity contribution in [2.45, 2.75) is 31.8 Å². The third-order valence-electron chi connectivity index (χ3n) is 2.86. The van der Waals surface area contributed by atoms with Crippen molar-refractivity contribution in [2.24, 2.45) is 0 Å². The fourth-order valence-electron chi connectivity index (χ4n) is 1.65. The highest BCUT2D eigenvalue weighted by atomic mass is 19.1. The van der Waals surface area contributed by atoms with Crippen molar-refractivity contribution in [3.05, 3.63) is 35.6 Å². The molecule has 0 spiro atoms. The van der Waals surface area contributed by atoms with E-state index in [1.807, 2.05) is 13.0 Å². The van der Waals surface area contributed by atoms with E-state index in [4.69, 9.17) is 0 Å². The van der Waals surface area contributed by atoms with Crippen LogP contribution in [0.3, 0.4) is 0 Å². The van der Waals surface area contributed by atoms with E-state index >= 15 is 0 Å². The monoisotopic (exact) mass is 236 g/mol. The first-order valence-electron chi connectivity index (χ1n) is 5.93. The maximum absolute atomic E-state index is 13.0. The normalized spacial score (nSPS) is 16.6. The third-order valence-corrected chi connectivity index (χ3v) is 2.86. The average molecular weight is 236 g/mol. The predicted octanol–water partition coefficient (Wildman–Crippen LogP) is 1.75. The van der Waals surface area contributed by atoms with Gasteiger partial charge in [0.15, 0.2) is 0 Å². The summed E-state index contributed by atoms with van der Waals surface area (Å²) >= 11 is 0. The van der Waals surface area contributed by atoms with Crippen LogP contribution < -0.4 is 10.6 Å². The summed E-state index contributed by atoms with van der Waals surface area (Å²) in [6.45, 7) is 2.19. The molecule has 0 aliphatic heterocycles. The Morgan fingerprint density at radius 3 is 2.94 bits per heavy atom. The molecule has 0 radical (unpaired) electrons. The van der Waals surface area contributed by atoms with Crippen LogP contribution in [0.15, 0.2) is 24.3 Å². The first-order valence-corrected chi connectivity index (χ1v) is 5.93. The fraction of sp³-hybridized carbons (Fsp3) is 0.462. The van der Waals surface area contributed by atoms with Gasteiger partial charge >= 0.3 is 0 Å². The summed E-state index contributed by atoms with van der Waals surface area (Å²) in [5, 5.41) is 5.98. The Balaban J connectivity index is 1.79. The molecule has 4 heteroatoms. The van der Waals surface area contributed by atoms with Gasteiger partial charge in [0, 0.05) is 12.1 Å². The summed E-state index contributed by atoms with van der Waals surface area (Å²) in [5.74, 6) is -0.241. The highest BCUT2D eigenvalue weighted by molar-refractivity contribution is 5.78. The minimum atomic E-state index is -0.251. The molecule has 3 nitrogen and oxygen atoms in total. The van der Waals surface area contributed by atoms with Crippen LogP contribution in [0.25, 0.3) is 0 Å². The Bertz CT molecular complexity index is 404. The molecule has 0 saturated heterocycles. The number of benzene rings is 1. The summed E-state index contributed by atoms with van der Waals surface area (Å²) in [6.07, 6.45) is 2.18. The Morgan fingerprint density at radius 2 is 2.29 bits per heavy atom. The standard InChI is InChI=1S/C13H17FN2O/c1-9(10-3-2-4-11(14)7-10)15-8-13(17)16-12-5-6-12/h2-4,7,9,12,15H,5-6,8H2,1H3,(H,16,17)/t9-/m0/s1. The molecule has 1 aliphatic carbocycles. The van der Waals surface area contributed by atoms with Crippen molar-refractivity contribution in [3.8, 4) is 0 Å². The molecule has 1 amide bonds. The van der Waals surface area contributed by atoms with Crippen LogP contribution >= 0.6 is 0 Å². The first kappa shape index (κ1) is 12.0. The van der Waals surface area contributed by atoms with Crippen molar-refractivity contribution in [1.82, 2.24) is 10.6 Å². The second-order valence-corrected chi connectivity index (χ2v) is 4.50. The van der Waals surface area contributed by atoms with Crippen LogP contribution in [0.2, 0.25) is 0 Å². The average Bonchev–Trinajstić information content (AvgIpc) is 3.10. The van der Waals surface area contributed by atoms with E-state index in [-0.39, 0.29) is 24.3 Å². The number of carbonyl (C=O) groups excluding carboxylic acids is 1. The molecule has 0 aromatic heterocycles. The maximum atomic E-state index is 13.0. The predicted molar refractivity (Wildman–Crippen MR) is 64.0 cm³/mol. The van der Waals surface area contributed by atoms with Gasteiger partial charge in [-0.2, -0.15) is 0 Å². The van der Waals surface area contributed by atoms with Gasteiger partial charge in [-0.3, -0.25) is 4.79 Å². The van der Waals surface area contributed by atoms with E-state index < -0.39 is 0 Å². The zero-order valence-electron chi connectivity index (χ0n) is 9.87. The fourth-order valence-corrected chi connectivity index (χ4v) is 1.65. The molecule has 1 aromatic rings. The van der Waals surface area contributed by atoms with Crippen molar-refractivity contribution in [2.75, 3.05) is 6.54 Å². The van der Waals surface area contributed by atoms with Crippen LogP contribution in [0.1, 0.15) is 31.4 Å². The van der Waals surface area contributed by atoms with Gasteiger partial charge in [0.2, 0.25) is 5.91 Å². The van der Waals surface area contributed by atoms with Crippen molar-refractivity contribution in [1.29, 1.82) is 0 Å². The van der Waals surface area contributed by atoms with Crippen molar-refractivity contribution in [3.63, 3.8) is 0 Å². The summed E-state index contributed by atoms with van der Waals surface area (Å²) in [6, 6.07) is 6.77. The largest absolute Gasteiger partial charge is 0.352 e. The van der Waals surface area contributed by atoms with Gasteiger partial charge < -0.3 is 10.6 Å². The number of rotatable bonds is 5. The smallest absolute Gasteiger partial charge is 0.234 e. The van der Waals surface area contributed by atoms with Gasteiger partial charge in [-0.15, -0.1) is 0 Å². The number of hydrogen-bond donors (Lipinski definition) is 2. The lowest BCUT2D eigenvalue weighted by molar-refractivity contribution is -0.120. The molecule has 92 valence electrons. The maximum Gasteiger partial charge on any atom is 0.234 e. The Kier molecular flexibility index (Phi) is 3.74. The third kappa shape index (κ3) is 3.82. The van der Waals surface area contributed by atoms with Crippen LogP contribution in [0, 0.1) is 5.82 Å². The summed E-state index contributed by atoms with van der Waals surface area (Å²) in [7, 11) is 0. The van der Waals surface area contributed by atoms with Gasteiger partial charge in [0.1, 0.15) is 5.82 Å². The molecule has 2 rings (SSSR count). The van der Waals surface area contributed by atoms with E-state index in [1.165, 1.54) is 12.1 Å². The molecule has 1 aromatic carbocycles. The molecule has 1 fully saturated rings. The number of hydrogen-bond acceptors (Lipinski definition) is 2. The Morgan fingerprint density at radius 1 is 1.53 bits per heavy atom. The highest BCUT2D eigenvalue weighted by Gasteiger charge is 2.23. The lowest BCUT2D eigenvalue weighted by Crippen LogP contribution is -2.36. The quantitative estimate of drug-likeness (QED) is 0.818. The highest BCUT2D eigenvalue weighted by Crippen LogP contribution is 2.18. The van der Waals surface area contributed by atoms with E-state index in [9.17, 15) is 9.18 Å². The van der Waals surface area contributed by atoms with E-state index in [2.05, 4.69) is 10.6 Å². The van der Waals surface area contributed by atoms with Crippen molar-refractivity contribution >= 4 is 5.91 Å². The minimum Gasteiger partial charge on any atom is -0.352 e. The SMILES string of the molecule is C[C@H](NCC(=O)NC1CC1)c1cccc(F)c1. The van der Waals surface area contributed by atoms with Crippen LogP contribution in [0.5, 0.6) is 0 Å². The number of nitrogens with one attached hydrogen (secondary N) is 2. The minimum absolute atomic E-state index is 0.00996. The molecule has 1 atom stereocenters. The second-order valence-electron chi connectivity index (χ2n) is 4.50. The van der Waals surface area contributed by atoms with Crippen LogP contribution in [-0.4, -0.2) is 18.5 Å². The first-order chi connectivity index (χ1) is 8.15. The zero-order chi connectivity index (χ0) is 12.3. The topological polar surface area (TPSA) is 41.1 Å². The molecule has 1 aliphatic rings. The molecule has 2 N–H and O–H groups in total. The summed E-state index contributed by atoms with van der Waals surface area (Å²) in [5.41, 5.74) is 0.851. The van der Waals surface area contributed by atoms with E-state index in [0.29, 0.717) is 6.04 Å². The molecular formula is C13H17FN2O. The zero-order valence-corrected chi connectivity index (χ0v) is 9.87. The molecule has 0 unspecified atom stereocenters. The Hall–Kier alpha value is -1.42. The van der Waals surface area contributed by atoms with Gasteiger partial charge in [-0.25, -0.2) is 4.39 Å². The summed E-state index contributed by atoms with van der Waals surface area (Å²) < 4.78 is 13.0. The lowest BCUT2D eigenvalue weighted by Gasteiger charge is -2.14.